The van der Waals surface area contributed by atoms with Crippen LogP contribution >= 0.6 is 0 Å². The molecule has 0 bridgehead atoms. The van der Waals surface area contributed by atoms with Crippen LogP contribution in [0.2, 0.25) is 0 Å². The molecule has 0 amide bonds. The van der Waals surface area contributed by atoms with Gasteiger partial charge in [-0.05, 0) is 6.92 Å². The first-order chi connectivity index (χ1) is 6.55. The normalized spacial score (nSPS) is 14.1. The number of sulfonamides is 1. The van der Waals surface area contributed by atoms with Crippen LogP contribution in [0.3, 0.4) is 0 Å². The first-order valence-electron chi connectivity index (χ1n) is 4.24. The van der Waals surface area contributed by atoms with Crippen LogP contribution in [0.5, 0.6) is 0 Å². The number of rotatable bonds is 5. The van der Waals surface area contributed by atoms with Crippen LogP contribution in [0.1, 0.15) is 18.5 Å². The smallest absolute Gasteiger partial charge is 0.213 e. The SMILES string of the molecule is CC(NS(=O)(=O)CCN)c1cn[nH]c1. The van der Waals surface area contributed by atoms with Crippen molar-refractivity contribution in [3.8, 4) is 0 Å². The summed E-state index contributed by atoms with van der Waals surface area (Å²) in [5.74, 6) is -0.0603. The predicted molar refractivity (Wildman–Crippen MR) is 53.0 cm³/mol. The molecule has 0 saturated carbocycles. The first-order valence-corrected chi connectivity index (χ1v) is 5.89. The highest BCUT2D eigenvalue weighted by molar-refractivity contribution is 7.89. The number of nitrogens with two attached hydrogens (primary N) is 1. The number of nitrogens with zero attached hydrogens (tertiary/aromatic N) is 1. The van der Waals surface area contributed by atoms with Gasteiger partial charge in [0.05, 0.1) is 11.9 Å². The van der Waals surface area contributed by atoms with Gasteiger partial charge in [-0.1, -0.05) is 0 Å². The molecule has 0 saturated heterocycles. The lowest BCUT2D eigenvalue weighted by Crippen LogP contribution is -2.31. The summed E-state index contributed by atoms with van der Waals surface area (Å²) in [6, 6.07) is -0.287. The van der Waals surface area contributed by atoms with Crippen molar-refractivity contribution < 1.29 is 8.42 Å². The van der Waals surface area contributed by atoms with Crippen molar-refractivity contribution in [3.05, 3.63) is 18.0 Å². The lowest BCUT2D eigenvalue weighted by Gasteiger charge is -2.11. The van der Waals surface area contributed by atoms with E-state index in [1.54, 1.807) is 19.3 Å². The van der Waals surface area contributed by atoms with E-state index < -0.39 is 10.0 Å². The maximum Gasteiger partial charge on any atom is 0.213 e. The van der Waals surface area contributed by atoms with Gasteiger partial charge >= 0.3 is 0 Å². The third kappa shape index (κ3) is 3.09. The van der Waals surface area contributed by atoms with Crippen molar-refractivity contribution >= 4 is 10.0 Å². The minimum absolute atomic E-state index is 0.0603. The van der Waals surface area contributed by atoms with Crippen molar-refractivity contribution in [2.75, 3.05) is 12.3 Å². The molecule has 80 valence electrons. The average molecular weight is 218 g/mol. The minimum atomic E-state index is -3.27. The van der Waals surface area contributed by atoms with Crippen LogP contribution in [0.4, 0.5) is 0 Å². The molecule has 1 aromatic rings. The lowest BCUT2D eigenvalue weighted by atomic mass is 10.2. The van der Waals surface area contributed by atoms with E-state index in [1.807, 2.05) is 0 Å². The number of nitrogens with one attached hydrogen (secondary N) is 2. The zero-order chi connectivity index (χ0) is 10.6. The number of hydrogen-bond acceptors (Lipinski definition) is 4. The van der Waals surface area contributed by atoms with E-state index in [-0.39, 0.29) is 18.3 Å². The number of hydrogen-bond donors (Lipinski definition) is 3. The second kappa shape index (κ2) is 4.54. The summed E-state index contributed by atoms with van der Waals surface area (Å²) < 4.78 is 25.1. The third-order valence-electron chi connectivity index (χ3n) is 1.76. The molecule has 0 aromatic carbocycles. The molecular weight excluding hydrogens is 204 g/mol. The summed E-state index contributed by atoms with van der Waals surface area (Å²) in [5, 5.41) is 6.35. The molecule has 1 atom stereocenters. The zero-order valence-corrected chi connectivity index (χ0v) is 8.71. The van der Waals surface area contributed by atoms with Gasteiger partial charge < -0.3 is 5.73 Å². The second-order valence-corrected chi connectivity index (χ2v) is 4.85. The maximum atomic E-state index is 11.3. The first kappa shape index (κ1) is 11.2. The summed E-state index contributed by atoms with van der Waals surface area (Å²) in [6.07, 6.45) is 3.23. The molecule has 0 aliphatic heterocycles. The molecule has 4 N–H and O–H groups in total. The van der Waals surface area contributed by atoms with E-state index in [0.29, 0.717) is 0 Å². The third-order valence-corrected chi connectivity index (χ3v) is 3.25. The van der Waals surface area contributed by atoms with Gasteiger partial charge in [-0.25, -0.2) is 13.1 Å². The van der Waals surface area contributed by atoms with Crippen LogP contribution in [0.15, 0.2) is 12.4 Å². The van der Waals surface area contributed by atoms with Gasteiger partial charge in [0.2, 0.25) is 10.0 Å². The maximum absolute atomic E-state index is 11.3. The van der Waals surface area contributed by atoms with E-state index in [0.717, 1.165) is 5.56 Å². The molecule has 14 heavy (non-hydrogen) atoms. The molecular formula is C7H14N4O2S. The van der Waals surface area contributed by atoms with Crippen molar-refractivity contribution in [3.63, 3.8) is 0 Å². The van der Waals surface area contributed by atoms with E-state index in [1.165, 1.54) is 0 Å². The fourth-order valence-corrected chi connectivity index (χ4v) is 2.15. The van der Waals surface area contributed by atoms with Crippen LogP contribution < -0.4 is 10.5 Å². The Morgan fingerprint density at radius 1 is 1.71 bits per heavy atom. The molecule has 7 heteroatoms. The summed E-state index contributed by atoms with van der Waals surface area (Å²) >= 11 is 0. The monoisotopic (exact) mass is 218 g/mol. The Hall–Kier alpha value is -0.920. The van der Waals surface area contributed by atoms with Crippen LogP contribution in [0.25, 0.3) is 0 Å². The van der Waals surface area contributed by atoms with Gasteiger partial charge in [0.15, 0.2) is 0 Å². The quantitative estimate of drug-likeness (QED) is 0.611. The number of H-pyrrole nitrogens is 1. The van der Waals surface area contributed by atoms with Gasteiger partial charge in [0, 0.05) is 24.3 Å². The highest BCUT2D eigenvalue weighted by Gasteiger charge is 2.15. The number of aromatic amines is 1. The fourth-order valence-electron chi connectivity index (χ4n) is 1.05. The van der Waals surface area contributed by atoms with E-state index in [2.05, 4.69) is 14.9 Å². The van der Waals surface area contributed by atoms with E-state index in [9.17, 15) is 8.42 Å². The van der Waals surface area contributed by atoms with E-state index in [4.69, 9.17) is 5.73 Å². The standard InChI is InChI=1S/C7H14N4O2S/c1-6(7-4-9-10-5-7)11-14(12,13)3-2-8/h4-6,11H,2-3,8H2,1H3,(H,9,10). The molecule has 0 aliphatic carbocycles. The molecule has 1 unspecified atom stereocenters. The molecule has 0 spiro atoms. The van der Waals surface area contributed by atoms with Gasteiger partial charge in [-0.2, -0.15) is 5.10 Å². The largest absolute Gasteiger partial charge is 0.329 e. The van der Waals surface area contributed by atoms with Crippen molar-refractivity contribution in [2.45, 2.75) is 13.0 Å². The minimum Gasteiger partial charge on any atom is -0.329 e. The van der Waals surface area contributed by atoms with Crippen LogP contribution in [-0.2, 0) is 10.0 Å². The highest BCUT2D eigenvalue weighted by Crippen LogP contribution is 2.10. The highest BCUT2D eigenvalue weighted by atomic mass is 32.2. The molecule has 0 radical (unpaired) electrons. The van der Waals surface area contributed by atoms with E-state index >= 15 is 0 Å². The molecule has 0 fully saturated rings. The number of aromatic nitrogens is 2. The van der Waals surface area contributed by atoms with Crippen LogP contribution in [-0.4, -0.2) is 30.9 Å². The summed E-state index contributed by atoms with van der Waals surface area (Å²) in [6.45, 7) is 1.87. The van der Waals surface area contributed by atoms with Gasteiger partial charge in [0.1, 0.15) is 0 Å². The van der Waals surface area contributed by atoms with Gasteiger partial charge in [-0.3, -0.25) is 5.10 Å². The molecule has 1 rings (SSSR count). The summed E-state index contributed by atoms with van der Waals surface area (Å²) in [4.78, 5) is 0. The van der Waals surface area contributed by atoms with Gasteiger partial charge in [-0.15, -0.1) is 0 Å². The Labute approximate surface area is 82.9 Å². The lowest BCUT2D eigenvalue weighted by molar-refractivity contribution is 0.567. The average Bonchev–Trinajstić information content (AvgIpc) is 2.53. The Bertz CT molecular complexity index is 359. The second-order valence-electron chi connectivity index (χ2n) is 2.98. The molecule has 1 heterocycles. The van der Waals surface area contributed by atoms with Crippen molar-refractivity contribution in [1.82, 2.24) is 14.9 Å². The zero-order valence-electron chi connectivity index (χ0n) is 7.90. The Morgan fingerprint density at radius 2 is 2.43 bits per heavy atom. The summed E-state index contributed by atoms with van der Waals surface area (Å²) in [5.41, 5.74) is 5.97. The summed E-state index contributed by atoms with van der Waals surface area (Å²) in [7, 11) is -3.27. The van der Waals surface area contributed by atoms with Crippen LogP contribution in [0, 0.1) is 0 Å². The van der Waals surface area contributed by atoms with Crippen molar-refractivity contribution in [2.24, 2.45) is 5.73 Å². The predicted octanol–water partition coefficient (Wildman–Crippen LogP) is -0.651. The topological polar surface area (TPSA) is 101 Å². The molecule has 0 aliphatic rings. The fraction of sp³-hybridized carbons (Fsp3) is 0.571. The molecule has 1 aromatic heterocycles. The van der Waals surface area contributed by atoms with Crippen molar-refractivity contribution in [1.29, 1.82) is 0 Å². The Balaban J connectivity index is 2.61. The Morgan fingerprint density at radius 3 is 2.93 bits per heavy atom. The van der Waals surface area contributed by atoms with Gasteiger partial charge in [0.25, 0.3) is 0 Å². The Kier molecular flexibility index (Phi) is 3.62. The molecule has 6 nitrogen and oxygen atoms in total.